The Labute approximate surface area is 329 Å². The summed E-state index contributed by atoms with van der Waals surface area (Å²) in [5, 5.41) is 21.5. The quantitative estimate of drug-likeness (QED) is 0.156. The van der Waals surface area contributed by atoms with Crippen molar-refractivity contribution in [2.24, 2.45) is 0 Å². The van der Waals surface area contributed by atoms with Gasteiger partial charge in [0.05, 0.1) is 33.9 Å². The third-order valence-corrected chi connectivity index (χ3v) is 11.3. The van der Waals surface area contributed by atoms with Crippen molar-refractivity contribution in [3.05, 3.63) is 163 Å². The van der Waals surface area contributed by atoms with Gasteiger partial charge < -0.3 is 9.80 Å². The number of anilines is 2. The first-order chi connectivity index (χ1) is 27.7. The van der Waals surface area contributed by atoms with Gasteiger partial charge in [-0.3, -0.25) is 0 Å². The van der Waals surface area contributed by atoms with Gasteiger partial charge >= 0.3 is 0 Å². The molecule has 0 saturated carbocycles. The number of nitrogens with zero attached hydrogens (tertiary/aromatic N) is 5. The summed E-state index contributed by atoms with van der Waals surface area (Å²) in [6.07, 6.45) is 4.41. The van der Waals surface area contributed by atoms with Gasteiger partial charge in [0.1, 0.15) is 12.1 Å². The van der Waals surface area contributed by atoms with Gasteiger partial charge in [-0.1, -0.05) is 115 Å². The molecule has 6 aromatic carbocycles. The van der Waals surface area contributed by atoms with Crippen LogP contribution in [0.4, 0.5) is 11.4 Å². The summed E-state index contributed by atoms with van der Waals surface area (Å²) in [7, 11) is 0. The molecule has 1 aromatic heterocycles. The number of pyridine rings is 1. The first-order valence-electron chi connectivity index (χ1n) is 19.6. The zero-order chi connectivity index (χ0) is 37.8. The average molecular weight is 724 g/mol. The molecule has 5 nitrogen and oxygen atoms in total. The Morgan fingerprint density at radius 1 is 0.375 bits per heavy atom. The summed E-state index contributed by atoms with van der Waals surface area (Å²) in [6.45, 7) is 3.67. The van der Waals surface area contributed by atoms with E-state index in [0.717, 1.165) is 108 Å². The van der Waals surface area contributed by atoms with Gasteiger partial charge in [0, 0.05) is 37.3 Å². The molecule has 0 N–H and O–H groups in total. The first-order valence-corrected chi connectivity index (χ1v) is 19.6. The minimum atomic E-state index is 0.631. The molecule has 270 valence electrons. The van der Waals surface area contributed by atoms with Crippen LogP contribution in [-0.4, -0.2) is 31.2 Å². The van der Waals surface area contributed by atoms with Crippen molar-refractivity contribution in [2.75, 3.05) is 36.0 Å². The fraction of sp³-hybridized carbons (Fsp3) is 0.157. The van der Waals surface area contributed by atoms with Crippen molar-refractivity contribution >= 4 is 11.4 Å². The van der Waals surface area contributed by atoms with E-state index in [0.29, 0.717) is 22.5 Å². The van der Waals surface area contributed by atoms with Crippen LogP contribution in [0, 0.1) is 22.7 Å². The molecule has 0 radical (unpaired) electrons. The normalized spacial score (nSPS) is 13.8. The van der Waals surface area contributed by atoms with Gasteiger partial charge in [-0.05, 0) is 107 Å². The van der Waals surface area contributed by atoms with Gasteiger partial charge in [-0.25, -0.2) is 4.98 Å². The van der Waals surface area contributed by atoms with E-state index in [1.807, 2.05) is 30.3 Å². The maximum absolute atomic E-state index is 10.8. The Balaban J connectivity index is 1.17. The first kappa shape index (κ1) is 34.8. The third-order valence-electron chi connectivity index (χ3n) is 11.3. The smallest absolute Gasteiger partial charge is 0.102 e. The molecule has 9 rings (SSSR count). The van der Waals surface area contributed by atoms with E-state index in [1.165, 1.54) is 11.1 Å². The monoisotopic (exact) mass is 723 g/mol. The summed E-state index contributed by atoms with van der Waals surface area (Å²) in [6, 6.07) is 57.9. The van der Waals surface area contributed by atoms with Crippen LogP contribution in [0.3, 0.4) is 0 Å². The summed E-state index contributed by atoms with van der Waals surface area (Å²) in [5.74, 6) is 0. The van der Waals surface area contributed by atoms with Crippen LogP contribution in [0.5, 0.6) is 0 Å². The molecule has 2 fully saturated rings. The second kappa shape index (κ2) is 15.4. The molecule has 2 aliphatic rings. The number of aromatic nitrogens is 1. The maximum Gasteiger partial charge on any atom is 0.102 e. The number of rotatable bonds is 8. The van der Waals surface area contributed by atoms with Crippen molar-refractivity contribution in [1.29, 1.82) is 10.5 Å². The molecule has 0 aliphatic carbocycles. The lowest BCUT2D eigenvalue weighted by atomic mass is 9.92. The fourth-order valence-electron chi connectivity index (χ4n) is 8.35. The van der Waals surface area contributed by atoms with Crippen LogP contribution in [0.1, 0.15) is 36.8 Å². The number of nitriles is 2. The van der Waals surface area contributed by atoms with E-state index in [4.69, 9.17) is 4.98 Å². The Morgan fingerprint density at radius 3 is 1.07 bits per heavy atom. The van der Waals surface area contributed by atoms with E-state index < -0.39 is 0 Å². The predicted octanol–water partition coefficient (Wildman–Crippen LogP) is 12.0. The summed E-state index contributed by atoms with van der Waals surface area (Å²) in [5.41, 5.74) is 15.1. The Hall–Kier alpha value is -6.95. The zero-order valence-corrected chi connectivity index (χ0v) is 31.3. The van der Waals surface area contributed by atoms with Crippen molar-refractivity contribution in [3.63, 3.8) is 0 Å². The molecule has 0 amide bonds. The minimum absolute atomic E-state index is 0.631. The van der Waals surface area contributed by atoms with E-state index in [2.05, 4.69) is 143 Å². The SMILES string of the molecule is N#Cc1c(-c2cccc(-c3cc(-c4ccc(-c5ccccc5)cc4)cc(N4CCCC4)c3C#N)n2)cc(-c2ccc(-c3ccccc3)cc2)cc1N1CCCC1. The lowest BCUT2D eigenvalue weighted by Crippen LogP contribution is -2.19. The molecule has 0 atom stereocenters. The summed E-state index contributed by atoms with van der Waals surface area (Å²) >= 11 is 0. The second-order valence-electron chi connectivity index (χ2n) is 14.7. The van der Waals surface area contributed by atoms with Crippen LogP contribution in [0.2, 0.25) is 0 Å². The molecule has 0 bridgehead atoms. The van der Waals surface area contributed by atoms with E-state index in [-0.39, 0.29) is 0 Å². The second-order valence-corrected chi connectivity index (χ2v) is 14.7. The van der Waals surface area contributed by atoms with Crippen LogP contribution in [-0.2, 0) is 0 Å². The van der Waals surface area contributed by atoms with Crippen LogP contribution in [0.25, 0.3) is 67.0 Å². The van der Waals surface area contributed by atoms with Crippen LogP contribution < -0.4 is 9.80 Å². The number of benzene rings is 6. The third kappa shape index (κ3) is 6.81. The highest BCUT2D eigenvalue weighted by atomic mass is 15.1. The predicted molar refractivity (Wildman–Crippen MR) is 229 cm³/mol. The van der Waals surface area contributed by atoms with Crippen molar-refractivity contribution in [2.45, 2.75) is 25.7 Å². The fourth-order valence-corrected chi connectivity index (χ4v) is 8.35. The molecule has 56 heavy (non-hydrogen) atoms. The highest BCUT2D eigenvalue weighted by Gasteiger charge is 2.24. The summed E-state index contributed by atoms with van der Waals surface area (Å²) < 4.78 is 0. The molecule has 2 aliphatic heterocycles. The topological polar surface area (TPSA) is 67.0 Å². The van der Waals surface area contributed by atoms with Crippen molar-refractivity contribution < 1.29 is 0 Å². The van der Waals surface area contributed by atoms with Crippen LogP contribution >= 0.6 is 0 Å². The largest absolute Gasteiger partial charge is 0.370 e. The van der Waals surface area contributed by atoms with Crippen molar-refractivity contribution in [3.8, 4) is 79.2 Å². The molecular weight excluding hydrogens is 683 g/mol. The molecule has 0 spiro atoms. The van der Waals surface area contributed by atoms with Gasteiger partial charge in [-0.15, -0.1) is 0 Å². The molecule has 0 unspecified atom stereocenters. The summed E-state index contributed by atoms with van der Waals surface area (Å²) in [4.78, 5) is 9.99. The van der Waals surface area contributed by atoms with Gasteiger partial charge in [-0.2, -0.15) is 10.5 Å². The van der Waals surface area contributed by atoms with Crippen LogP contribution in [0.15, 0.2) is 152 Å². The van der Waals surface area contributed by atoms with Gasteiger partial charge in [0.2, 0.25) is 0 Å². The lowest BCUT2D eigenvalue weighted by molar-refractivity contribution is 0.949. The maximum atomic E-state index is 10.8. The van der Waals surface area contributed by atoms with E-state index in [9.17, 15) is 10.5 Å². The molecular formula is C51H41N5. The highest BCUT2D eigenvalue weighted by Crippen LogP contribution is 2.41. The number of hydrogen-bond acceptors (Lipinski definition) is 5. The molecule has 2 saturated heterocycles. The number of hydrogen-bond donors (Lipinski definition) is 0. The molecule has 5 heteroatoms. The Kier molecular flexibility index (Phi) is 9.58. The Bertz CT molecular complexity index is 2410. The lowest BCUT2D eigenvalue weighted by Gasteiger charge is -2.23. The van der Waals surface area contributed by atoms with Crippen molar-refractivity contribution in [1.82, 2.24) is 4.98 Å². The van der Waals surface area contributed by atoms with Gasteiger partial charge in [0.15, 0.2) is 0 Å². The zero-order valence-electron chi connectivity index (χ0n) is 31.3. The average Bonchev–Trinajstić information content (AvgIpc) is 4.03. The Morgan fingerprint density at radius 2 is 0.714 bits per heavy atom. The molecule has 7 aromatic rings. The molecule has 3 heterocycles. The standard InChI is InChI=1S/C51H41N5/c52-34-46-44(30-42(32-50(46)55-26-7-8-27-55)40-22-18-38(19-23-40)36-12-3-1-4-13-36)48-16-11-17-49(54-48)45-31-43(33-51(47(45)35-53)56-28-9-10-29-56)41-24-20-39(21-25-41)37-14-5-2-6-15-37/h1-6,11-25,30-33H,7-10,26-29H2. The van der Waals surface area contributed by atoms with E-state index in [1.54, 1.807) is 0 Å². The highest BCUT2D eigenvalue weighted by molar-refractivity contribution is 5.88. The van der Waals surface area contributed by atoms with Gasteiger partial charge in [0.25, 0.3) is 0 Å². The minimum Gasteiger partial charge on any atom is -0.370 e. The van der Waals surface area contributed by atoms with E-state index >= 15 is 0 Å².